The van der Waals surface area contributed by atoms with Gasteiger partial charge in [0.05, 0.1) is 30.5 Å². The van der Waals surface area contributed by atoms with Gasteiger partial charge >= 0.3 is 12.2 Å². The molecule has 1 saturated heterocycles. The number of alkyl halides is 3. The molecule has 5 rings (SSSR count). The quantitative estimate of drug-likeness (QED) is 0.332. The van der Waals surface area contributed by atoms with Gasteiger partial charge in [0, 0.05) is 38.3 Å². The molecule has 8 nitrogen and oxygen atoms in total. The summed E-state index contributed by atoms with van der Waals surface area (Å²) < 4.78 is 58.1. The minimum atomic E-state index is -4.50. The number of halogens is 4. The summed E-state index contributed by atoms with van der Waals surface area (Å²) in [6, 6.07) is 16.7. The molecule has 3 amide bonds. The van der Waals surface area contributed by atoms with Crippen LogP contribution >= 0.6 is 0 Å². The van der Waals surface area contributed by atoms with Gasteiger partial charge in [0.2, 0.25) is 0 Å². The predicted octanol–water partition coefficient (Wildman–Crippen LogP) is 5.70. The number of rotatable bonds is 8. The molecule has 0 radical (unpaired) electrons. The Morgan fingerprint density at radius 1 is 0.977 bits per heavy atom. The van der Waals surface area contributed by atoms with Crippen molar-refractivity contribution in [3.8, 4) is 0 Å². The second kappa shape index (κ2) is 13.6. The summed E-state index contributed by atoms with van der Waals surface area (Å²) in [5.41, 5.74) is 2.54. The number of hydrogen-bond acceptors (Lipinski definition) is 5. The Morgan fingerprint density at radius 3 is 2.27 bits per heavy atom. The Kier molecular flexibility index (Phi) is 9.60. The topological polar surface area (TPSA) is 77.5 Å². The minimum absolute atomic E-state index is 0.169. The zero-order chi connectivity index (χ0) is 31.3. The lowest BCUT2D eigenvalue weighted by Gasteiger charge is -2.31. The van der Waals surface area contributed by atoms with Gasteiger partial charge in [-0.1, -0.05) is 42.0 Å². The molecular formula is C32H33F4N5O3. The second-order valence-electron chi connectivity index (χ2n) is 10.8. The van der Waals surface area contributed by atoms with Crippen LogP contribution < -0.4 is 5.32 Å². The lowest BCUT2D eigenvalue weighted by Crippen LogP contribution is -2.47. The van der Waals surface area contributed by atoms with E-state index in [1.165, 1.54) is 34.2 Å². The Labute approximate surface area is 252 Å². The maximum absolute atomic E-state index is 13.9. The van der Waals surface area contributed by atoms with Crippen LogP contribution in [-0.2, 0) is 15.7 Å². The number of urea groups is 1. The smallest absolute Gasteiger partial charge is 0.379 e. The van der Waals surface area contributed by atoms with Crippen LogP contribution in [0.2, 0.25) is 0 Å². The summed E-state index contributed by atoms with van der Waals surface area (Å²) in [6.45, 7) is 4.78. The van der Waals surface area contributed by atoms with Crippen LogP contribution in [0, 0.1) is 12.7 Å². The molecule has 2 heterocycles. The highest BCUT2D eigenvalue weighted by molar-refractivity contribution is 6.03. The second-order valence-corrected chi connectivity index (χ2v) is 10.8. The van der Waals surface area contributed by atoms with Crippen LogP contribution in [0.3, 0.4) is 0 Å². The van der Waals surface area contributed by atoms with Gasteiger partial charge in [0.1, 0.15) is 12.4 Å². The van der Waals surface area contributed by atoms with E-state index < -0.39 is 29.7 Å². The SMILES string of the molecule is Cc1ccc([C@@H]2CC(c3ccc(F)cc3)=NN2C(=O)CN(CCN2CCOCC2)C(=O)Nc2ccc(C(F)(F)F)cc2)cc1. The molecule has 0 unspecified atom stereocenters. The maximum Gasteiger partial charge on any atom is 0.416 e. The van der Waals surface area contributed by atoms with Gasteiger partial charge in [-0.3, -0.25) is 9.69 Å². The fraction of sp³-hybridized carbons (Fsp3) is 0.344. The van der Waals surface area contributed by atoms with Crippen molar-refractivity contribution in [1.82, 2.24) is 14.8 Å². The van der Waals surface area contributed by atoms with E-state index >= 15 is 0 Å². The molecule has 232 valence electrons. The Hall–Kier alpha value is -4.29. The van der Waals surface area contributed by atoms with E-state index in [0.29, 0.717) is 50.5 Å². The number of carbonyl (C=O) groups excluding carboxylic acids is 2. The van der Waals surface area contributed by atoms with Crippen molar-refractivity contribution in [1.29, 1.82) is 0 Å². The van der Waals surface area contributed by atoms with Crippen LogP contribution in [0.4, 0.5) is 28.0 Å². The minimum Gasteiger partial charge on any atom is -0.379 e. The molecule has 3 aromatic rings. The average Bonchev–Trinajstić information content (AvgIpc) is 3.46. The highest BCUT2D eigenvalue weighted by Crippen LogP contribution is 2.33. The number of amides is 3. The van der Waals surface area contributed by atoms with E-state index in [9.17, 15) is 27.2 Å². The Balaban J connectivity index is 1.37. The first-order valence-electron chi connectivity index (χ1n) is 14.3. The van der Waals surface area contributed by atoms with E-state index in [1.54, 1.807) is 12.1 Å². The molecule has 1 N–H and O–H groups in total. The van der Waals surface area contributed by atoms with Gasteiger partial charge in [0.15, 0.2) is 0 Å². The van der Waals surface area contributed by atoms with Gasteiger partial charge in [-0.05, 0) is 54.4 Å². The standard InChI is InChI=1S/C32H33F4N5O3/c1-22-2-4-24(5-3-22)29-20-28(23-6-10-26(33)11-7-23)38-41(29)30(42)21-40(15-14-39-16-18-44-19-17-39)31(43)37-27-12-8-25(9-13-27)32(34,35)36/h2-13,29H,14-21H2,1H3,(H,37,43)/t29-/m0/s1. The molecule has 0 aromatic heterocycles. The molecule has 0 aliphatic carbocycles. The Morgan fingerprint density at radius 2 is 1.64 bits per heavy atom. The highest BCUT2D eigenvalue weighted by atomic mass is 19.4. The highest BCUT2D eigenvalue weighted by Gasteiger charge is 2.35. The van der Waals surface area contributed by atoms with Crippen molar-refractivity contribution in [3.63, 3.8) is 0 Å². The summed E-state index contributed by atoms with van der Waals surface area (Å²) in [6.07, 6.45) is -4.11. The van der Waals surface area contributed by atoms with Gasteiger partial charge in [-0.25, -0.2) is 14.2 Å². The summed E-state index contributed by atoms with van der Waals surface area (Å²) in [5.74, 6) is -0.817. The molecule has 2 aliphatic rings. The van der Waals surface area contributed by atoms with Crippen molar-refractivity contribution in [3.05, 3.63) is 101 Å². The molecule has 1 atom stereocenters. The summed E-state index contributed by atoms with van der Waals surface area (Å²) >= 11 is 0. The van der Waals surface area contributed by atoms with Gasteiger partial charge in [-0.2, -0.15) is 18.3 Å². The van der Waals surface area contributed by atoms with E-state index in [4.69, 9.17) is 4.74 Å². The van der Waals surface area contributed by atoms with Crippen LogP contribution in [0.1, 0.15) is 34.7 Å². The van der Waals surface area contributed by atoms with E-state index in [-0.39, 0.29) is 24.6 Å². The molecule has 0 bridgehead atoms. The molecule has 1 fully saturated rings. The number of hydrogen-bond donors (Lipinski definition) is 1. The molecule has 0 saturated carbocycles. The third-order valence-corrected chi connectivity index (χ3v) is 7.67. The van der Waals surface area contributed by atoms with E-state index in [1.807, 2.05) is 31.2 Å². The monoisotopic (exact) mass is 611 g/mol. The molecule has 12 heteroatoms. The molecular weight excluding hydrogens is 578 g/mol. The third kappa shape index (κ3) is 7.80. The summed E-state index contributed by atoms with van der Waals surface area (Å²) in [7, 11) is 0. The third-order valence-electron chi connectivity index (χ3n) is 7.67. The average molecular weight is 612 g/mol. The van der Waals surface area contributed by atoms with Crippen LogP contribution in [-0.4, -0.2) is 78.4 Å². The van der Waals surface area contributed by atoms with E-state index in [0.717, 1.165) is 23.3 Å². The van der Waals surface area contributed by atoms with Gasteiger partial charge in [-0.15, -0.1) is 0 Å². The van der Waals surface area contributed by atoms with Gasteiger partial charge in [0.25, 0.3) is 5.91 Å². The van der Waals surface area contributed by atoms with Crippen LogP contribution in [0.25, 0.3) is 0 Å². The normalized spacial score (nSPS) is 17.3. The number of ether oxygens (including phenoxy) is 1. The van der Waals surface area contributed by atoms with Crippen molar-refractivity contribution >= 4 is 23.3 Å². The van der Waals surface area contributed by atoms with Crippen molar-refractivity contribution in [2.75, 3.05) is 51.3 Å². The lowest BCUT2D eigenvalue weighted by molar-refractivity contribution is -0.137. The number of nitrogens with one attached hydrogen (secondary N) is 1. The van der Waals surface area contributed by atoms with Crippen molar-refractivity contribution in [2.24, 2.45) is 5.10 Å². The number of nitrogens with zero attached hydrogens (tertiary/aromatic N) is 4. The zero-order valence-corrected chi connectivity index (χ0v) is 24.2. The van der Waals surface area contributed by atoms with Crippen molar-refractivity contribution in [2.45, 2.75) is 25.6 Å². The lowest BCUT2D eigenvalue weighted by atomic mass is 9.97. The largest absolute Gasteiger partial charge is 0.416 e. The maximum atomic E-state index is 13.9. The predicted molar refractivity (Wildman–Crippen MR) is 158 cm³/mol. The first kappa shape index (κ1) is 31.1. The summed E-state index contributed by atoms with van der Waals surface area (Å²) in [5, 5.41) is 8.63. The number of anilines is 1. The number of benzene rings is 3. The number of carbonyl (C=O) groups is 2. The molecule has 44 heavy (non-hydrogen) atoms. The van der Waals surface area contributed by atoms with Gasteiger partial charge < -0.3 is 15.0 Å². The molecule has 2 aliphatic heterocycles. The number of morpholine rings is 1. The number of aryl methyl sites for hydroxylation is 1. The fourth-order valence-corrected chi connectivity index (χ4v) is 5.13. The van der Waals surface area contributed by atoms with Crippen molar-refractivity contribution < 1.29 is 31.9 Å². The first-order valence-corrected chi connectivity index (χ1v) is 14.3. The van der Waals surface area contributed by atoms with Crippen LogP contribution in [0.5, 0.6) is 0 Å². The van der Waals surface area contributed by atoms with Crippen LogP contribution in [0.15, 0.2) is 77.9 Å². The zero-order valence-electron chi connectivity index (χ0n) is 24.2. The van der Waals surface area contributed by atoms with E-state index in [2.05, 4.69) is 15.3 Å². The Bertz CT molecular complexity index is 1470. The summed E-state index contributed by atoms with van der Waals surface area (Å²) in [4.78, 5) is 30.8. The molecule has 0 spiro atoms. The fourth-order valence-electron chi connectivity index (χ4n) is 5.13. The number of hydrazone groups is 1. The first-order chi connectivity index (χ1) is 21.1. The molecule has 3 aromatic carbocycles.